The zero-order valence-electron chi connectivity index (χ0n) is 10.9. The van der Waals surface area contributed by atoms with Gasteiger partial charge in [0.1, 0.15) is 16.7 Å². The summed E-state index contributed by atoms with van der Waals surface area (Å²) in [5.74, 6) is 1.52. The molecule has 3 nitrogen and oxygen atoms in total. The first-order valence-electron chi connectivity index (χ1n) is 5.68. The summed E-state index contributed by atoms with van der Waals surface area (Å²) in [7, 11) is 1.66. The monoisotopic (exact) mass is 262 g/mol. The minimum absolute atomic E-state index is 0.507. The molecule has 1 aromatic carbocycles. The maximum Gasteiger partial charge on any atom is 0.136 e. The Labute approximate surface area is 112 Å². The van der Waals surface area contributed by atoms with Crippen LogP contribution in [0.15, 0.2) is 18.2 Å². The lowest BCUT2D eigenvalue weighted by atomic mass is 10.0. The van der Waals surface area contributed by atoms with Gasteiger partial charge >= 0.3 is 0 Å². The minimum Gasteiger partial charge on any atom is -0.497 e. The van der Waals surface area contributed by atoms with E-state index in [0.29, 0.717) is 11.0 Å². The summed E-state index contributed by atoms with van der Waals surface area (Å²) in [4.78, 5) is 8.64. The first-order chi connectivity index (χ1) is 8.52. The number of hydrogen-bond donors (Lipinski definition) is 0. The Hall–Kier alpha value is -1.61. The second kappa shape index (κ2) is 4.94. The number of benzene rings is 1. The van der Waals surface area contributed by atoms with Crippen molar-refractivity contribution in [2.24, 2.45) is 0 Å². The van der Waals surface area contributed by atoms with Crippen molar-refractivity contribution < 1.29 is 4.74 Å². The Bertz CT molecular complexity index is 597. The fourth-order valence-corrected chi connectivity index (χ4v) is 2.10. The van der Waals surface area contributed by atoms with E-state index >= 15 is 0 Å². The van der Waals surface area contributed by atoms with E-state index < -0.39 is 0 Å². The molecule has 18 heavy (non-hydrogen) atoms. The van der Waals surface area contributed by atoms with Gasteiger partial charge in [-0.25, -0.2) is 9.97 Å². The molecule has 2 aromatic rings. The maximum atomic E-state index is 6.10. The maximum absolute atomic E-state index is 6.10. The third-order valence-electron chi connectivity index (χ3n) is 2.89. The fourth-order valence-electron chi connectivity index (χ4n) is 1.89. The highest BCUT2D eigenvalue weighted by Gasteiger charge is 2.12. The normalized spacial score (nSPS) is 10.5. The van der Waals surface area contributed by atoms with E-state index in [2.05, 4.69) is 9.97 Å². The van der Waals surface area contributed by atoms with Crippen molar-refractivity contribution in [1.82, 2.24) is 9.97 Å². The van der Waals surface area contributed by atoms with Crippen molar-refractivity contribution in [3.63, 3.8) is 0 Å². The standard InChI is InChI=1S/C14H15ClN2O/c1-8-7-11(18-4)5-6-12(8)13-9(2)14(15)17-10(3)16-13/h5-7H,1-4H3. The third kappa shape index (κ3) is 2.31. The molecule has 0 amide bonds. The summed E-state index contributed by atoms with van der Waals surface area (Å²) in [5.41, 5.74) is 3.94. The van der Waals surface area contributed by atoms with Crippen LogP contribution in [-0.2, 0) is 0 Å². The second-order valence-electron chi connectivity index (χ2n) is 4.22. The van der Waals surface area contributed by atoms with Crippen LogP contribution < -0.4 is 4.74 Å². The van der Waals surface area contributed by atoms with Gasteiger partial charge in [0.05, 0.1) is 12.8 Å². The number of methoxy groups -OCH3 is 1. The Morgan fingerprint density at radius 2 is 1.83 bits per heavy atom. The molecule has 0 aliphatic carbocycles. The van der Waals surface area contributed by atoms with E-state index in [1.54, 1.807) is 7.11 Å². The molecule has 0 radical (unpaired) electrons. The molecule has 1 aromatic heterocycles. The van der Waals surface area contributed by atoms with E-state index in [4.69, 9.17) is 16.3 Å². The van der Waals surface area contributed by atoms with Gasteiger partial charge in [-0.2, -0.15) is 0 Å². The average molecular weight is 263 g/mol. The van der Waals surface area contributed by atoms with Crippen LogP contribution in [0.4, 0.5) is 0 Å². The van der Waals surface area contributed by atoms with Crippen molar-refractivity contribution in [2.45, 2.75) is 20.8 Å². The smallest absolute Gasteiger partial charge is 0.136 e. The quantitative estimate of drug-likeness (QED) is 0.774. The Morgan fingerprint density at radius 3 is 2.44 bits per heavy atom. The van der Waals surface area contributed by atoms with Crippen molar-refractivity contribution in [2.75, 3.05) is 7.11 Å². The van der Waals surface area contributed by atoms with Crippen molar-refractivity contribution in [1.29, 1.82) is 0 Å². The van der Waals surface area contributed by atoms with E-state index in [1.165, 1.54) is 0 Å². The Morgan fingerprint density at radius 1 is 1.11 bits per heavy atom. The first-order valence-corrected chi connectivity index (χ1v) is 6.06. The molecule has 0 fully saturated rings. The predicted octanol–water partition coefficient (Wildman–Crippen LogP) is 3.73. The van der Waals surface area contributed by atoms with E-state index in [0.717, 1.165) is 28.1 Å². The molecule has 0 aliphatic rings. The average Bonchev–Trinajstić information content (AvgIpc) is 2.34. The molecule has 0 bridgehead atoms. The van der Waals surface area contributed by atoms with Gasteiger partial charge in [0, 0.05) is 11.1 Å². The summed E-state index contributed by atoms with van der Waals surface area (Å²) in [6.07, 6.45) is 0. The number of hydrogen-bond acceptors (Lipinski definition) is 3. The SMILES string of the molecule is COc1ccc(-c2nc(C)nc(Cl)c2C)c(C)c1. The summed E-state index contributed by atoms with van der Waals surface area (Å²) >= 11 is 6.10. The number of halogens is 1. The second-order valence-corrected chi connectivity index (χ2v) is 4.57. The molecule has 2 rings (SSSR count). The number of ether oxygens (including phenoxy) is 1. The van der Waals surface area contributed by atoms with Gasteiger partial charge in [-0.3, -0.25) is 0 Å². The predicted molar refractivity (Wildman–Crippen MR) is 73.2 cm³/mol. The van der Waals surface area contributed by atoms with Crippen molar-refractivity contribution >= 4 is 11.6 Å². The van der Waals surface area contributed by atoms with Crippen LogP contribution in [0.1, 0.15) is 17.0 Å². The van der Waals surface area contributed by atoms with Crippen molar-refractivity contribution in [3.8, 4) is 17.0 Å². The van der Waals surface area contributed by atoms with Gasteiger partial charge in [0.25, 0.3) is 0 Å². The molecule has 0 atom stereocenters. The van der Waals surface area contributed by atoms with Gasteiger partial charge in [0.15, 0.2) is 0 Å². The molecule has 94 valence electrons. The summed E-state index contributed by atoms with van der Waals surface area (Å²) in [5, 5.41) is 0.507. The number of aromatic nitrogens is 2. The highest BCUT2D eigenvalue weighted by Crippen LogP contribution is 2.30. The van der Waals surface area contributed by atoms with Crippen LogP contribution in [-0.4, -0.2) is 17.1 Å². The van der Waals surface area contributed by atoms with Crippen LogP contribution >= 0.6 is 11.6 Å². The zero-order chi connectivity index (χ0) is 13.3. The van der Waals surface area contributed by atoms with Gasteiger partial charge in [-0.15, -0.1) is 0 Å². The molecule has 0 saturated heterocycles. The number of nitrogens with zero attached hydrogens (tertiary/aromatic N) is 2. The lowest BCUT2D eigenvalue weighted by molar-refractivity contribution is 0.414. The third-order valence-corrected chi connectivity index (χ3v) is 3.25. The minimum atomic E-state index is 0.507. The molecular weight excluding hydrogens is 248 g/mol. The molecular formula is C14H15ClN2O. The van der Waals surface area contributed by atoms with Crippen LogP contribution in [0.3, 0.4) is 0 Å². The highest BCUT2D eigenvalue weighted by molar-refractivity contribution is 6.30. The molecule has 0 spiro atoms. The lowest BCUT2D eigenvalue weighted by Crippen LogP contribution is -1.98. The van der Waals surface area contributed by atoms with E-state index in [9.17, 15) is 0 Å². The molecule has 4 heteroatoms. The van der Waals surface area contributed by atoms with Crippen LogP contribution in [0.2, 0.25) is 5.15 Å². The van der Waals surface area contributed by atoms with Crippen LogP contribution in [0, 0.1) is 20.8 Å². The van der Waals surface area contributed by atoms with Crippen LogP contribution in [0.5, 0.6) is 5.75 Å². The van der Waals surface area contributed by atoms with Gasteiger partial charge in [-0.1, -0.05) is 11.6 Å². The number of rotatable bonds is 2. The van der Waals surface area contributed by atoms with E-state index in [1.807, 2.05) is 39.0 Å². The van der Waals surface area contributed by atoms with Crippen LogP contribution in [0.25, 0.3) is 11.3 Å². The number of aryl methyl sites for hydroxylation is 2. The Balaban J connectivity index is 2.62. The summed E-state index contributed by atoms with van der Waals surface area (Å²) in [6.45, 7) is 5.80. The topological polar surface area (TPSA) is 35.0 Å². The molecule has 0 saturated carbocycles. The van der Waals surface area contributed by atoms with Gasteiger partial charge in [-0.05, 0) is 44.5 Å². The molecule has 0 N–H and O–H groups in total. The Kier molecular flexibility index (Phi) is 3.53. The van der Waals surface area contributed by atoms with Crippen molar-refractivity contribution in [3.05, 3.63) is 40.3 Å². The van der Waals surface area contributed by atoms with E-state index in [-0.39, 0.29) is 0 Å². The summed E-state index contributed by atoms with van der Waals surface area (Å²) in [6, 6.07) is 5.91. The first kappa shape index (κ1) is 12.8. The molecule has 1 heterocycles. The largest absolute Gasteiger partial charge is 0.497 e. The molecule has 0 unspecified atom stereocenters. The summed E-state index contributed by atoms with van der Waals surface area (Å²) < 4.78 is 5.20. The zero-order valence-corrected chi connectivity index (χ0v) is 11.7. The van der Waals surface area contributed by atoms with Gasteiger partial charge < -0.3 is 4.74 Å². The van der Waals surface area contributed by atoms with Gasteiger partial charge in [0.2, 0.25) is 0 Å². The lowest BCUT2D eigenvalue weighted by Gasteiger charge is -2.11. The fraction of sp³-hybridized carbons (Fsp3) is 0.286. The highest BCUT2D eigenvalue weighted by atomic mass is 35.5. The molecule has 0 aliphatic heterocycles.